The van der Waals surface area contributed by atoms with Crippen molar-refractivity contribution in [1.82, 2.24) is 4.90 Å². The highest BCUT2D eigenvalue weighted by atomic mass is 19.1. The number of rotatable bonds is 6. The minimum absolute atomic E-state index is 0.0497. The lowest BCUT2D eigenvalue weighted by Gasteiger charge is -2.33. The smallest absolute Gasteiger partial charge is 0.326 e. The summed E-state index contributed by atoms with van der Waals surface area (Å²) >= 11 is 0. The van der Waals surface area contributed by atoms with Crippen molar-refractivity contribution < 1.29 is 23.8 Å². The molecule has 2 unspecified atom stereocenters. The van der Waals surface area contributed by atoms with Crippen molar-refractivity contribution in [2.75, 3.05) is 13.2 Å². The highest BCUT2D eigenvalue weighted by molar-refractivity contribution is 5.97. The highest BCUT2D eigenvalue weighted by Crippen LogP contribution is 2.65. The van der Waals surface area contributed by atoms with E-state index < -0.39 is 23.7 Å². The van der Waals surface area contributed by atoms with Gasteiger partial charge in [-0.3, -0.25) is 4.79 Å². The number of aliphatic carboxylic acids is 1. The summed E-state index contributed by atoms with van der Waals surface area (Å²) in [7, 11) is 0. The van der Waals surface area contributed by atoms with E-state index in [1.54, 1.807) is 6.07 Å². The maximum absolute atomic E-state index is 15.0. The molecule has 5 nitrogen and oxygen atoms in total. The normalized spacial score (nSPS) is 34.0. The molecule has 162 valence electrons. The van der Waals surface area contributed by atoms with E-state index in [1.807, 2.05) is 6.92 Å². The maximum Gasteiger partial charge on any atom is 0.326 e. The van der Waals surface area contributed by atoms with Gasteiger partial charge >= 0.3 is 5.97 Å². The van der Waals surface area contributed by atoms with Crippen LogP contribution in [0.1, 0.15) is 67.8 Å². The first kappa shape index (κ1) is 19.8. The molecular weight excluding hydrogens is 385 g/mol. The second-order valence-electron chi connectivity index (χ2n) is 9.98. The Balaban J connectivity index is 1.35. The predicted octanol–water partition coefficient (Wildman–Crippen LogP) is 4.28. The molecule has 1 aromatic rings. The van der Waals surface area contributed by atoms with E-state index in [0.29, 0.717) is 38.2 Å². The van der Waals surface area contributed by atoms with Gasteiger partial charge in [-0.05, 0) is 80.8 Å². The van der Waals surface area contributed by atoms with Crippen molar-refractivity contribution >= 4 is 11.9 Å². The van der Waals surface area contributed by atoms with Crippen molar-refractivity contribution in [3.8, 4) is 5.75 Å². The standard InChI is InChI=1S/C24H30FNO4/c1-2-16-9-18(22(27)26-5-3-4-20(26)23(28)29)19(25)10-21(16)30-13-24-11-14-6-15(12-24)8-17(24)7-14/h9-10,14-15,17,20H,2-8,11-13H2,1H3,(H,28,29)/t14?,15?,17?,20-,24?/m0/s1. The van der Waals surface area contributed by atoms with Crippen LogP contribution in [0.3, 0.4) is 0 Å². The Labute approximate surface area is 176 Å². The number of carboxylic acids is 1. The first-order valence-corrected chi connectivity index (χ1v) is 11.4. The van der Waals surface area contributed by atoms with Crippen LogP contribution in [-0.4, -0.2) is 41.1 Å². The summed E-state index contributed by atoms with van der Waals surface area (Å²) in [4.78, 5) is 25.6. The molecule has 4 aliphatic carbocycles. The number of carbonyl (C=O) groups is 2. The molecule has 1 amide bonds. The largest absolute Gasteiger partial charge is 0.493 e. The molecule has 5 aliphatic rings. The summed E-state index contributed by atoms with van der Waals surface area (Å²) in [5.41, 5.74) is 1.01. The van der Waals surface area contributed by atoms with Crippen molar-refractivity contribution in [1.29, 1.82) is 0 Å². The van der Waals surface area contributed by atoms with Crippen LogP contribution in [0.2, 0.25) is 0 Å². The van der Waals surface area contributed by atoms with E-state index >= 15 is 0 Å². The minimum Gasteiger partial charge on any atom is -0.493 e. The van der Waals surface area contributed by atoms with Gasteiger partial charge in [0.05, 0.1) is 12.2 Å². The first-order valence-electron chi connectivity index (χ1n) is 11.4. The predicted molar refractivity (Wildman–Crippen MR) is 109 cm³/mol. The van der Waals surface area contributed by atoms with E-state index in [4.69, 9.17) is 4.74 Å². The van der Waals surface area contributed by atoms with Crippen LogP contribution in [0.15, 0.2) is 12.1 Å². The van der Waals surface area contributed by atoms with Crippen LogP contribution in [0.4, 0.5) is 4.39 Å². The zero-order valence-electron chi connectivity index (χ0n) is 17.5. The number of hydrogen-bond donors (Lipinski definition) is 1. The summed E-state index contributed by atoms with van der Waals surface area (Å²) in [6.07, 6.45) is 8.15. The summed E-state index contributed by atoms with van der Waals surface area (Å²) in [6.45, 7) is 2.95. The number of hydrogen-bond acceptors (Lipinski definition) is 3. The number of ether oxygens (including phenoxy) is 1. The van der Waals surface area contributed by atoms with Crippen LogP contribution in [0.25, 0.3) is 0 Å². The first-order chi connectivity index (χ1) is 14.4. The van der Waals surface area contributed by atoms with Crippen molar-refractivity contribution in [2.45, 2.75) is 64.3 Å². The maximum atomic E-state index is 15.0. The molecule has 6 rings (SSSR count). The summed E-state index contributed by atoms with van der Waals surface area (Å²) < 4.78 is 21.2. The molecule has 0 aromatic heterocycles. The van der Waals surface area contributed by atoms with Gasteiger partial charge in [0, 0.05) is 18.0 Å². The molecule has 5 fully saturated rings. The van der Waals surface area contributed by atoms with Crippen LogP contribution in [-0.2, 0) is 11.2 Å². The monoisotopic (exact) mass is 415 g/mol. The molecule has 4 saturated carbocycles. The molecular formula is C24H30FNO4. The van der Waals surface area contributed by atoms with E-state index in [1.165, 1.54) is 43.1 Å². The average Bonchev–Trinajstić information content (AvgIpc) is 3.36. The van der Waals surface area contributed by atoms with E-state index in [9.17, 15) is 19.1 Å². The van der Waals surface area contributed by atoms with Crippen LogP contribution < -0.4 is 4.74 Å². The third-order valence-electron chi connectivity index (χ3n) is 8.23. The van der Waals surface area contributed by atoms with Gasteiger partial charge in [0.25, 0.3) is 5.91 Å². The average molecular weight is 416 g/mol. The third kappa shape index (κ3) is 3.10. The van der Waals surface area contributed by atoms with Gasteiger partial charge < -0.3 is 14.7 Å². The fraction of sp³-hybridized carbons (Fsp3) is 0.667. The SMILES string of the molecule is CCc1cc(C(=O)N2CCC[C@H]2C(=O)O)c(F)cc1OCC12CC3CC(CC1C3)C2. The minimum atomic E-state index is -1.03. The molecule has 4 bridgehead atoms. The Morgan fingerprint density at radius 1 is 1.23 bits per heavy atom. The van der Waals surface area contributed by atoms with Gasteiger partial charge in [0.1, 0.15) is 17.6 Å². The molecule has 3 atom stereocenters. The fourth-order valence-electron chi connectivity index (χ4n) is 7.02. The van der Waals surface area contributed by atoms with Crippen LogP contribution in [0, 0.1) is 29.0 Å². The Morgan fingerprint density at radius 2 is 1.97 bits per heavy atom. The van der Waals surface area contributed by atoms with E-state index in [2.05, 4.69) is 0 Å². The molecule has 1 N–H and O–H groups in total. The highest BCUT2D eigenvalue weighted by Gasteiger charge is 2.58. The second kappa shape index (κ2) is 7.24. The molecule has 1 heterocycles. The van der Waals surface area contributed by atoms with E-state index in [0.717, 1.165) is 23.3 Å². The molecule has 6 heteroatoms. The zero-order chi connectivity index (χ0) is 21.0. The summed E-state index contributed by atoms with van der Waals surface area (Å²) in [6, 6.07) is 2.04. The van der Waals surface area contributed by atoms with Gasteiger partial charge in [-0.1, -0.05) is 6.92 Å². The molecule has 1 saturated heterocycles. The van der Waals surface area contributed by atoms with Crippen molar-refractivity contribution in [2.24, 2.45) is 23.2 Å². The van der Waals surface area contributed by atoms with Crippen LogP contribution >= 0.6 is 0 Å². The summed E-state index contributed by atoms with van der Waals surface area (Å²) in [5.74, 6) is 0.773. The molecule has 1 aromatic carbocycles. The molecule has 0 radical (unpaired) electrons. The lowest BCUT2D eigenvalue weighted by molar-refractivity contribution is -0.141. The van der Waals surface area contributed by atoms with Crippen molar-refractivity contribution in [3.05, 3.63) is 29.1 Å². The lowest BCUT2D eigenvalue weighted by Crippen LogP contribution is -2.40. The van der Waals surface area contributed by atoms with Gasteiger partial charge in [0.2, 0.25) is 0 Å². The fourth-order valence-corrected chi connectivity index (χ4v) is 7.02. The second-order valence-corrected chi connectivity index (χ2v) is 9.98. The van der Waals surface area contributed by atoms with Gasteiger partial charge in [-0.2, -0.15) is 0 Å². The Hall–Kier alpha value is -2.11. The number of benzene rings is 1. The molecule has 0 spiro atoms. The third-order valence-corrected chi connectivity index (χ3v) is 8.23. The number of carboxylic acid groups (broad SMARTS) is 1. The Morgan fingerprint density at radius 3 is 2.63 bits per heavy atom. The number of likely N-dealkylation sites (tertiary alicyclic amines) is 1. The Kier molecular flexibility index (Phi) is 4.79. The molecule has 1 aliphatic heterocycles. The summed E-state index contributed by atoms with van der Waals surface area (Å²) in [5, 5.41) is 9.36. The molecule has 30 heavy (non-hydrogen) atoms. The van der Waals surface area contributed by atoms with Gasteiger partial charge in [0.15, 0.2) is 0 Å². The van der Waals surface area contributed by atoms with E-state index in [-0.39, 0.29) is 11.0 Å². The zero-order valence-corrected chi connectivity index (χ0v) is 17.5. The number of amides is 1. The lowest BCUT2D eigenvalue weighted by atomic mass is 9.76. The number of nitrogens with zero attached hydrogens (tertiary/aromatic N) is 1. The van der Waals surface area contributed by atoms with Gasteiger partial charge in [-0.25, -0.2) is 9.18 Å². The number of carbonyl (C=O) groups excluding carboxylic acids is 1. The van der Waals surface area contributed by atoms with Gasteiger partial charge in [-0.15, -0.1) is 0 Å². The number of aryl methyl sites for hydroxylation is 1. The topological polar surface area (TPSA) is 66.8 Å². The quantitative estimate of drug-likeness (QED) is 0.753. The number of halogens is 1. The van der Waals surface area contributed by atoms with Crippen molar-refractivity contribution in [3.63, 3.8) is 0 Å². The Bertz CT molecular complexity index is 870. The van der Waals surface area contributed by atoms with Crippen LogP contribution in [0.5, 0.6) is 5.75 Å².